The highest BCUT2D eigenvalue weighted by Gasteiger charge is 1.93. The fraction of sp³-hybridized carbons (Fsp3) is 0.222. The van der Waals surface area contributed by atoms with Crippen LogP contribution in [0.15, 0.2) is 33.9 Å². The van der Waals surface area contributed by atoms with Crippen LogP contribution in [0.5, 0.6) is 0 Å². The van der Waals surface area contributed by atoms with E-state index in [-0.39, 0.29) is 12.2 Å². The summed E-state index contributed by atoms with van der Waals surface area (Å²) >= 11 is 1.14. The summed E-state index contributed by atoms with van der Waals surface area (Å²) in [5.74, 6) is -0.728. The lowest BCUT2D eigenvalue weighted by Crippen LogP contribution is -2.21. The standard InChI is InChI=1S/C9H10N2O3S/c12-5-6-15-11-10-8-3-1-7(2-4-8)9(13)14/h1-4,12H,5-6H2,(H,13,14)/p-1. The van der Waals surface area contributed by atoms with Crippen LogP contribution >= 0.6 is 11.9 Å². The zero-order valence-electron chi connectivity index (χ0n) is 7.79. The van der Waals surface area contributed by atoms with Crippen LogP contribution in [0.25, 0.3) is 0 Å². The second-order valence-corrected chi connectivity index (χ2v) is 3.40. The molecular weight excluding hydrogens is 216 g/mol. The Morgan fingerprint density at radius 3 is 2.60 bits per heavy atom. The molecule has 5 nitrogen and oxygen atoms in total. The van der Waals surface area contributed by atoms with Gasteiger partial charge in [0.25, 0.3) is 0 Å². The molecule has 15 heavy (non-hydrogen) atoms. The van der Waals surface area contributed by atoms with E-state index in [9.17, 15) is 9.90 Å². The van der Waals surface area contributed by atoms with Gasteiger partial charge in [-0.05, 0) is 29.6 Å². The van der Waals surface area contributed by atoms with E-state index in [1.54, 1.807) is 0 Å². The van der Waals surface area contributed by atoms with Crippen LogP contribution in [0, 0.1) is 0 Å². The minimum Gasteiger partial charge on any atom is -0.545 e. The van der Waals surface area contributed by atoms with E-state index in [2.05, 4.69) is 9.63 Å². The second kappa shape index (κ2) is 6.15. The van der Waals surface area contributed by atoms with E-state index in [0.29, 0.717) is 11.4 Å². The minimum absolute atomic E-state index is 0.0489. The summed E-state index contributed by atoms with van der Waals surface area (Å²) < 4.78 is 3.72. The molecule has 0 spiro atoms. The van der Waals surface area contributed by atoms with Crippen molar-refractivity contribution in [3.8, 4) is 0 Å². The zero-order valence-corrected chi connectivity index (χ0v) is 8.61. The number of benzene rings is 1. The van der Waals surface area contributed by atoms with E-state index in [0.717, 1.165) is 11.9 Å². The molecule has 80 valence electrons. The van der Waals surface area contributed by atoms with Crippen molar-refractivity contribution in [1.82, 2.24) is 0 Å². The molecule has 1 aromatic carbocycles. The Morgan fingerprint density at radius 1 is 1.40 bits per heavy atom. The van der Waals surface area contributed by atoms with Crippen molar-refractivity contribution in [2.24, 2.45) is 9.63 Å². The molecular formula is C9H9N2O3S-. The molecule has 0 atom stereocenters. The van der Waals surface area contributed by atoms with Gasteiger partial charge in [-0.25, -0.2) is 0 Å². The van der Waals surface area contributed by atoms with E-state index in [1.807, 2.05) is 0 Å². The van der Waals surface area contributed by atoms with Crippen LogP contribution in [0.3, 0.4) is 0 Å². The topological polar surface area (TPSA) is 85.1 Å². The zero-order chi connectivity index (χ0) is 11.1. The average Bonchev–Trinajstić information content (AvgIpc) is 2.25. The molecule has 0 aliphatic heterocycles. The first-order chi connectivity index (χ1) is 7.24. The van der Waals surface area contributed by atoms with Crippen LogP contribution in [-0.2, 0) is 0 Å². The Balaban J connectivity index is 2.56. The largest absolute Gasteiger partial charge is 0.545 e. The summed E-state index contributed by atoms with van der Waals surface area (Å²) in [5, 5.41) is 22.7. The highest BCUT2D eigenvalue weighted by atomic mass is 32.2. The smallest absolute Gasteiger partial charge is 0.0863 e. The van der Waals surface area contributed by atoms with Gasteiger partial charge in [-0.1, -0.05) is 12.1 Å². The maximum atomic E-state index is 10.4. The van der Waals surface area contributed by atoms with Crippen molar-refractivity contribution in [1.29, 1.82) is 0 Å². The third-order valence-corrected chi connectivity index (χ3v) is 2.06. The molecule has 1 aromatic rings. The molecule has 0 fully saturated rings. The van der Waals surface area contributed by atoms with Gasteiger partial charge in [0.1, 0.15) is 0 Å². The molecule has 0 aromatic heterocycles. The summed E-state index contributed by atoms with van der Waals surface area (Å²) in [5.41, 5.74) is 0.669. The first-order valence-electron chi connectivity index (χ1n) is 4.19. The second-order valence-electron chi connectivity index (χ2n) is 2.57. The van der Waals surface area contributed by atoms with E-state index >= 15 is 0 Å². The van der Waals surface area contributed by atoms with Gasteiger partial charge in [0.15, 0.2) is 0 Å². The van der Waals surface area contributed by atoms with Crippen molar-refractivity contribution in [2.45, 2.75) is 0 Å². The average molecular weight is 225 g/mol. The third-order valence-electron chi connectivity index (χ3n) is 1.50. The summed E-state index contributed by atoms with van der Waals surface area (Å²) in [6.07, 6.45) is 0. The summed E-state index contributed by atoms with van der Waals surface area (Å²) in [6.45, 7) is 0.0489. The Hall–Kier alpha value is -1.40. The Kier molecular flexibility index (Phi) is 4.79. The Labute approximate surface area is 91.0 Å². The highest BCUT2D eigenvalue weighted by molar-refractivity contribution is 7.97. The lowest BCUT2D eigenvalue weighted by atomic mass is 10.2. The monoisotopic (exact) mass is 225 g/mol. The summed E-state index contributed by atoms with van der Waals surface area (Å²) in [4.78, 5) is 10.4. The molecule has 0 radical (unpaired) electrons. The lowest BCUT2D eigenvalue weighted by Gasteiger charge is -2.00. The number of carbonyl (C=O) groups is 1. The third kappa shape index (κ3) is 4.09. The molecule has 6 heteroatoms. The first kappa shape index (κ1) is 11.7. The molecule has 0 amide bonds. The highest BCUT2D eigenvalue weighted by Crippen LogP contribution is 2.15. The maximum Gasteiger partial charge on any atom is 0.0863 e. The predicted molar refractivity (Wildman–Crippen MR) is 54.8 cm³/mol. The van der Waals surface area contributed by atoms with E-state index in [1.165, 1.54) is 24.3 Å². The van der Waals surface area contributed by atoms with Gasteiger partial charge in [0.05, 0.1) is 18.3 Å². The number of aromatic carboxylic acids is 1. The molecule has 0 saturated carbocycles. The van der Waals surface area contributed by atoms with Crippen LogP contribution in [0.1, 0.15) is 10.4 Å². The number of carboxylic acids is 1. The molecule has 0 heterocycles. The molecule has 1 rings (SSSR count). The SMILES string of the molecule is O=C([O-])c1ccc(N=NSCCO)cc1. The molecule has 0 aliphatic rings. The maximum absolute atomic E-state index is 10.4. The van der Waals surface area contributed by atoms with Gasteiger partial charge in [-0.3, -0.25) is 0 Å². The normalized spacial score (nSPS) is 10.7. The quantitative estimate of drug-likeness (QED) is 0.455. The molecule has 0 aliphatic carbocycles. The van der Waals surface area contributed by atoms with E-state index in [4.69, 9.17) is 5.11 Å². The van der Waals surface area contributed by atoms with Crippen LogP contribution in [0.2, 0.25) is 0 Å². The molecule has 0 saturated heterocycles. The van der Waals surface area contributed by atoms with Gasteiger partial charge in [0, 0.05) is 5.75 Å². The van der Waals surface area contributed by atoms with Gasteiger partial charge < -0.3 is 15.0 Å². The van der Waals surface area contributed by atoms with Crippen molar-refractivity contribution < 1.29 is 15.0 Å². The predicted octanol–water partition coefficient (Wildman–Crippen LogP) is 0.774. The van der Waals surface area contributed by atoms with Gasteiger partial charge >= 0.3 is 0 Å². The van der Waals surface area contributed by atoms with Gasteiger partial charge in [0.2, 0.25) is 0 Å². The minimum atomic E-state index is -1.21. The number of hydrogen-bond donors (Lipinski definition) is 1. The van der Waals surface area contributed by atoms with Crippen molar-refractivity contribution >= 4 is 23.6 Å². The number of hydrogen-bond acceptors (Lipinski definition) is 6. The number of carboxylic acid groups (broad SMARTS) is 1. The van der Waals surface area contributed by atoms with E-state index < -0.39 is 5.97 Å². The number of aliphatic hydroxyl groups is 1. The Bertz CT molecular complexity index is 351. The summed E-state index contributed by atoms with van der Waals surface area (Å²) in [7, 11) is 0. The lowest BCUT2D eigenvalue weighted by molar-refractivity contribution is -0.255. The number of nitrogens with zero attached hydrogens (tertiary/aromatic N) is 2. The molecule has 1 N–H and O–H groups in total. The first-order valence-corrected chi connectivity index (χ1v) is 5.13. The van der Waals surface area contributed by atoms with Gasteiger partial charge in [-0.15, -0.1) is 9.63 Å². The van der Waals surface area contributed by atoms with Crippen molar-refractivity contribution in [2.75, 3.05) is 12.4 Å². The number of rotatable bonds is 5. The molecule has 0 unspecified atom stereocenters. The fourth-order valence-electron chi connectivity index (χ4n) is 0.822. The Morgan fingerprint density at radius 2 is 2.07 bits per heavy atom. The number of carbonyl (C=O) groups excluding carboxylic acids is 1. The fourth-order valence-corrected chi connectivity index (χ4v) is 1.14. The van der Waals surface area contributed by atoms with Crippen LogP contribution in [-0.4, -0.2) is 23.4 Å². The van der Waals surface area contributed by atoms with Crippen LogP contribution in [0.4, 0.5) is 5.69 Å². The van der Waals surface area contributed by atoms with Gasteiger partial charge in [-0.2, -0.15) is 0 Å². The summed E-state index contributed by atoms with van der Waals surface area (Å²) in [6, 6.07) is 5.88. The molecule has 0 bridgehead atoms. The number of aliphatic hydroxyl groups excluding tert-OH is 1. The van der Waals surface area contributed by atoms with Crippen molar-refractivity contribution in [3.63, 3.8) is 0 Å². The van der Waals surface area contributed by atoms with Crippen molar-refractivity contribution in [3.05, 3.63) is 29.8 Å². The van der Waals surface area contributed by atoms with Crippen LogP contribution < -0.4 is 5.11 Å².